The van der Waals surface area contributed by atoms with Crippen LogP contribution in [0.3, 0.4) is 0 Å². The SMILES string of the molecule is CN(C)C(=O)COC[C@H]1CN(Cc2cccc(F)c2)CC(C)(C)O1. The topological polar surface area (TPSA) is 42.0 Å². The van der Waals surface area contributed by atoms with Crippen molar-refractivity contribution in [2.45, 2.75) is 32.1 Å². The van der Waals surface area contributed by atoms with Crippen molar-refractivity contribution in [1.29, 1.82) is 0 Å². The van der Waals surface area contributed by atoms with E-state index in [1.54, 1.807) is 26.2 Å². The Morgan fingerprint density at radius 3 is 2.88 bits per heavy atom. The minimum atomic E-state index is -0.314. The van der Waals surface area contributed by atoms with Crippen LogP contribution in [0.4, 0.5) is 4.39 Å². The normalized spacial score (nSPS) is 20.8. The molecule has 5 nitrogen and oxygen atoms in total. The lowest BCUT2D eigenvalue weighted by Crippen LogP contribution is -2.53. The number of carbonyl (C=O) groups is 1. The predicted octanol–water partition coefficient (Wildman–Crippen LogP) is 1.91. The van der Waals surface area contributed by atoms with Crippen LogP contribution in [-0.2, 0) is 20.8 Å². The molecule has 1 atom stereocenters. The standard InChI is InChI=1S/C18H27FN2O3/c1-18(2)13-21(9-14-6-5-7-15(19)8-14)10-16(24-18)11-23-12-17(22)20(3)4/h5-8,16H,9-13H2,1-4H3/t16-/m1/s1. The van der Waals surface area contributed by atoms with E-state index in [4.69, 9.17) is 9.47 Å². The van der Waals surface area contributed by atoms with E-state index in [0.717, 1.165) is 12.1 Å². The smallest absolute Gasteiger partial charge is 0.248 e. The summed E-state index contributed by atoms with van der Waals surface area (Å²) in [6, 6.07) is 6.66. The molecule has 0 bridgehead atoms. The van der Waals surface area contributed by atoms with Crippen LogP contribution in [-0.4, -0.2) is 67.8 Å². The zero-order valence-electron chi connectivity index (χ0n) is 14.9. The van der Waals surface area contributed by atoms with Crippen LogP contribution in [0.1, 0.15) is 19.4 Å². The van der Waals surface area contributed by atoms with Crippen LogP contribution in [0.5, 0.6) is 0 Å². The summed E-state index contributed by atoms with van der Waals surface area (Å²) in [5.41, 5.74) is 0.626. The fourth-order valence-corrected chi connectivity index (χ4v) is 2.92. The van der Waals surface area contributed by atoms with Crippen LogP contribution in [0.25, 0.3) is 0 Å². The second-order valence-electron chi connectivity index (χ2n) is 7.10. The number of hydrogen-bond acceptors (Lipinski definition) is 4. The van der Waals surface area contributed by atoms with Crippen molar-refractivity contribution in [2.75, 3.05) is 40.4 Å². The van der Waals surface area contributed by atoms with Gasteiger partial charge in [-0.1, -0.05) is 12.1 Å². The molecule has 6 heteroatoms. The van der Waals surface area contributed by atoms with Gasteiger partial charge >= 0.3 is 0 Å². The molecule has 1 amide bonds. The Bertz CT molecular complexity index is 563. The number of likely N-dealkylation sites (N-methyl/N-ethyl adjacent to an activating group) is 1. The number of rotatable bonds is 6. The molecule has 0 spiro atoms. The van der Waals surface area contributed by atoms with Gasteiger partial charge in [0.05, 0.1) is 18.3 Å². The first-order chi connectivity index (χ1) is 11.2. The zero-order valence-corrected chi connectivity index (χ0v) is 14.9. The Morgan fingerprint density at radius 1 is 1.46 bits per heavy atom. The maximum Gasteiger partial charge on any atom is 0.248 e. The van der Waals surface area contributed by atoms with Crippen molar-refractivity contribution in [1.82, 2.24) is 9.80 Å². The van der Waals surface area contributed by atoms with E-state index in [0.29, 0.717) is 19.7 Å². The Labute approximate surface area is 143 Å². The fourth-order valence-electron chi connectivity index (χ4n) is 2.92. The average molecular weight is 338 g/mol. The van der Waals surface area contributed by atoms with E-state index in [2.05, 4.69) is 4.90 Å². The molecule has 1 aliphatic rings. The third-order valence-corrected chi connectivity index (χ3v) is 3.88. The third kappa shape index (κ3) is 5.85. The molecule has 0 N–H and O–H groups in total. The molecule has 0 unspecified atom stereocenters. The van der Waals surface area contributed by atoms with Crippen LogP contribution in [0.15, 0.2) is 24.3 Å². The monoisotopic (exact) mass is 338 g/mol. The van der Waals surface area contributed by atoms with Gasteiger partial charge in [0.1, 0.15) is 12.4 Å². The molecule has 1 fully saturated rings. The van der Waals surface area contributed by atoms with Gasteiger partial charge in [-0.2, -0.15) is 0 Å². The Hall–Kier alpha value is -1.50. The first kappa shape index (κ1) is 18.8. The fraction of sp³-hybridized carbons (Fsp3) is 0.611. The van der Waals surface area contributed by atoms with Crippen LogP contribution < -0.4 is 0 Å². The molecule has 1 heterocycles. The molecule has 0 saturated carbocycles. The lowest BCUT2D eigenvalue weighted by Gasteiger charge is -2.42. The third-order valence-electron chi connectivity index (χ3n) is 3.88. The summed E-state index contributed by atoms with van der Waals surface area (Å²) in [5.74, 6) is -0.288. The minimum absolute atomic E-state index is 0.0528. The van der Waals surface area contributed by atoms with E-state index >= 15 is 0 Å². The van der Waals surface area contributed by atoms with Gasteiger partial charge in [0.2, 0.25) is 5.91 Å². The van der Waals surface area contributed by atoms with Gasteiger partial charge in [-0.15, -0.1) is 0 Å². The maximum absolute atomic E-state index is 13.4. The average Bonchev–Trinajstić information content (AvgIpc) is 2.45. The Kier molecular flexibility index (Phi) is 6.32. The molecular weight excluding hydrogens is 311 g/mol. The summed E-state index contributed by atoms with van der Waals surface area (Å²) in [7, 11) is 3.40. The Balaban J connectivity index is 1.90. The summed E-state index contributed by atoms with van der Waals surface area (Å²) in [6.07, 6.45) is -0.114. The molecule has 1 aliphatic heterocycles. The lowest BCUT2D eigenvalue weighted by molar-refractivity contribution is -0.161. The maximum atomic E-state index is 13.4. The number of ether oxygens (including phenoxy) is 2. The van der Waals surface area contributed by atoms with Crippen molar-refractivity contribution < 1.29 is 18.7 Å². The number of carbonyl (C=O) groups excluding carboxylic acids is 1. The van der Waals surface area contributed by atoms with E-state index in [9.17, 15) is 9.18 Å². The molecule has 1 aromatic rings. The summed E-state index contributed by atoms with van der Waals surface area (Å²) in [5, 5.41) is 0. The molecule has 0 radical (unpaired) electrons. The summed E-state index contributed by atoms with van der Waals surface area (Å²) >= 11 is 0. The highest BCUT2D eigenvalue weighted by Gasteiger charge is 2.33. The van der Waals surface area contributed by atoms with Crippen molar-refractivity contribution in [3.05, 3.63) is 35.6 Å². The highest BCUT2D eigenvalue weighted by atomic mass is 19.1. The van der Waals surface area contributed by atoms with Crippen molar-refractivity contribution in [2.24, 2.45) is 0 Å². The molecule has 1 aromatic carbocycles. The summed E-state index contributed by atoms with van der Waals surface area (Å²) in [4.78, 5) is 15.3. The van der Waals surface area contributed by atoms with Crippen molar-refractivity contribution in [3.63, 3.8) is 0 Å². The quantitative estimate of drug-likeness (QED) is 0.795. The van der Waals surface area contributed by atoms with E-state index in [-0.39, 0.29) is 30.0 Å². The number of benzene rings is 1. The highest BCUT2D eigenvalue weighted by molar-refractivity contribution is 5.76. The number of halogens is 1. The lowest BCUT2D eigenvalue weighted by atomic mass is 10.0. The number of amides is 1. The highest BCUT2D eigenvalue weighted by Crippen LogP contribution is 2.23. The summed E-state index contributed by atoms with van der Waals surface area (Å²) in [6.45, 7) is 6.59. The molecule has 0 aliphatic carbocycles. The van der Waals surface area contributed by atoms with Crippen LogP contribution in [0.2, 0.25) is 0 Å². The van der Waals surface area contributed by atoms with Gasteiger partial charge in [-0.3, -0.25) is 9.69 Å². The zero-order chi connectivity index (χ0) is 17.7. The van der Waals surface area contributed by atoms with Crippen LogP contribution >= 0.6 is 0 Å². The van der Waals surface area contributed by atoms with Gasteiger partial charge in [0, 0.05) is 33.7 Å². The molecular formula is C18H27FN2O3. The molecule has 24 heavy (non-hydrogen) atoms. The van der Waals surface area contributed by atoms with E-state index in [1.165, 1.54) is 11.0 Å². The van der Waals surface area contributed by atoms with E-state index in [1.807, 2.05) is 19.9 Å². The Morgan fingerprint density at radius 2 is 2.21 bits per heavy atom. The van der Waals surface area contributed by atoms with Crippen molar-refractivity contribution >= 4 is 5.91 Å². The van der Waals surface area contributed by atoms with Gasteiger partial charge in [0.25, 0.3) is 0 Å². The van der Waals surface area contributed by atoms with E-state index < -0.39 is 0 Å². The van der Waals surface area contributed by atoms with Crippen molar-refractivity contribution in [3.8, 4) is 0 Å². The van der Waals surface area contributed by atoms with Gasteiger partial charge in [-0.05, 0) is 31.5 Å². The predicted molar refractivity (Wildman–Crippen MR) is 90.1 cm³/mol. The second-order valence-corrected chi connectivity index (χ2v) is 7.10. The number of hydrogen-bond donors (Lipinski definition) is 0. The van der Waals surface area contributed by atoms with Gasteiger partial charge in [0.15, 0.2) is 0 Å². The second kappa shape index (κ2) is 8.05. The number of morpholine rings is 1. The minimum Gasteiger partial charge on any atom is -0.369 e. The largest absolute Gasteiger partial charge is 0.369 e. The summed E-state index contributed by atoms with van der Waals surface area (Å²) < 4.78 is 24.9. The number of nitrogens with zero attached hydrogens (tertiary/aromatic N) is 2. The molecule has 134 valence electrons. The molecule has 2 rings (SSSR count). The van der Waals surface area contributed by atoms with Crippen LogP contribution in [0, 0.1) is 5.82 Å². The first-order valence-corrected chi connectivity index (χ1v) is 8.18. The van der Waals surface area contributed by atoms with Gasteiger partial charge < -0.3 is 14.4 Å². The van der Waals surface area contributed by atoms with Gasteiger partial charge in [-0.25, -0.2) is 4.39 Å². The molecule has 1 saturated heterocycles. The first-order valence-electron chi connectivity index (χ1n) is 8.18. The molecule has 0 aromatic heterocycles.